The Hall–Kier alpha value is -8.77. The van der Waals surface area contributed by atoms with E-state index in [4.69, 9.17) is 15.0 Å². The topological polar surface area (TPSA) is 43.6 Å². The molecule has 12 rings (SSSR count). The van der Waals surface area contributed by atoms with Gasteiger partial charge in [-0.05, 0) is 86.7 Å². The molecule has 0 bridgehead atoms. The van der Waals surface area contributed by atoms with Gasteiger partial charge in [0.25, 0.3) is 0 Å². The van der Waals surface area contributed by atoms with Gasteiger partial charge in [0.1, 0.15) is 0 Å². The molecule has 0 aliphatic rings. The zero-order chi connectivity index (χ0) is 47.0. The minimum Gasteiger partial charge on any atom is -0.308 e. The lowest BCUT2D eigenvalue weighted by Crippen LogP contribution is -2.74. The maximum atomic E-state index is 5.33. The molecular formula is C65H48N4Si. The van der Waals surface area contributed by atoms with Gasteiger partial charge in [0.05, 0.1) is 16.7 Å². The second-order valence-corrected chi connectivity index (χ2v) is 21.9. The second kappa shape index (κ2) is 18.0. The van der Waals surface area contributed by atoms with Crippen molar-refractivity contribution >= 4 is 50.6 Å². The smallest absolute Gasteiger partial charge is 0.179 e. The van der Waals surface area contributed by atoms with Gasteiger partial charge in [0.2, 0.25) is 0 Å². The predicted molar refractivity (Wildman–Crippen MR) is 294 cm³/mol. The summed E-state index contributed by atoms with van der Waals surface area (Å²) in [5.74, 6) is 1.84. The number of fused-ring (bicyclic) bond motifs is 3. The summed E-state index contributed by atoms with van der Waals surface area (Å²) in [6.45, 7) is 4.36. The average Bonchev–Trinajstić information content (AvgIpc) is 3.76. The standard InChI is InChI=1S/C65H48N4Si/c1-45-35-38-56(46(2)41-45)51-37-39-58-57-33-18-19-34-60(57)69(61(58)44-51)62-43-50(36-40-59(62)65-67-63(47-21-8-3-9-22-47)66-64(68-65)48-23-10-4-11-24-48)49-25-20-32-55(42-49)70(52-26-12-5-13-27-52,53-28-14-6-15-29-53)54-30-16-7-17-31-54/h3-44H,1-2H3. The summed E-state index contributed by atoms with van der Waals surface area (Å²) in [6.07, 6.45) is 0. The van der Waals surface area contributed by atoms with Gasteiger partial charge < -0.3 is 4.57 Å². The van der Waals surface area contributed by atoms with E-state index in [-0.39, 0.29) is 0 Å². The van der Waals surface area contributed by atoms with Crippen LogP contribution in [0.3, 0.4) is 0 Å². The van der Waals surface area contributed by atoms with Crippen LogP contribution in [0.1, 0.15) is 11.1 Å². The summed E-state index contributed by atoms with van der Waals surface area (Å²) in [6, 6.07) is 92.4. The third-order valence-electron chi connectivity index (χ3n) is 13.8. The van der Waals surface area contributed by atoms with Crippen LogP contribution in [0.2, 0.25) is 0 Å². The lowest BCUT2D eigenvalue weighted by molar-refractivity contribution is 1.06. The number of rotatable bonds is 10. The molecule has 0 aliphatic carbocycles. The number of nitrogens with zero attached hydrogens (tertiary/aromatic N) is 4. The van der Waals surface area contributed by atoms with Crippen LogP contribution in [0.4, 0.5) is 0 Å². The van der Waals surface area contributed by atoms with Crippen LogP contribution in [0.5, 0.6) is 0 Å². The summed E-state index contributed by atoms with van der Waals surface area (Å²) < 4.78 is 2.44. The van der Waals surface area contributed by atoms with Crippen LogP contribution in [0, 0.1) is 13.8 Å². The first-order valence-electron chi connectivity index (χ1n) is 23.9. The van der Waals surface area contributed by atoms with E-state index in [0.717, 1.165) is 44.5 Å². The summed E-state index contributed by atoms with van der Waals surface area (Å²) in [5.41, 5.74) is 13.1. The molecule has 4 nitrogen and oxygen atoms in total. The molecule has 70 heavy (non-hydrogen) atoms. The van der Waals surface area contributed by atoms with Crippen molar-refractivity contribution in [2.75, 3.05) is 0 Å². The summed E-state index contributed by atoms with van der Waals surface area (Å²) in [7, 11) is -2.82. The first kappa shape index (κ1) is 42.6. The molecule has 5 heteroatoms. The fourth-order valence-corrected chi connectivity index (χ4v) is 15.3. The molecule has 12 aromatic rings. The highest BCUT2D eigenvalue weighted by atomic mass is 28.3. The quantitative estimate of drug-likeness (QED) is 0.101. The van der Waals surface area contributed by atoms with Crippen LogP contribution in [-0.2, 0) is 0 Å². The maximum absolute atomic E-state index is 5.33. The van der Waals surface area contributed by atoms with Crippen molar-refractivity contribution in [2.45, 2.75) is 13.8 Å². The molecule has 332 valence electrons. The molecule has 0 fully saturated rings. The zero-order valence-corrected chi connectivity index (χ0v) is 40.0. The van der Waals surface area contributed by atoms with Gasteiger partial charge in [0, 0.05) is 27.5 Å². The number of aryl methyl sites for hydroxylation is 2. The van der Waals surface area contributed by atoms with Gasteiger partial charge in [0.15, 0.2) is 25.5 Å². The van der Waals surface area contributed by atoms with E-state index in [2.05, 4.69) is 237 Å². The Morgan fingerprint density at radius 3 is 1.39 bits per heavy atom. The minimum absolute atomic E-state index is 0.600. The number of benzene rings is 10. The first-order chi connectivity index (χ1) is 34.5. The molecular weight excluding hydrogens is 865 g/mol. The van der Waals surface area contributed by atoms with E-state index < -0.39 is 8.07 Å². The van der Waals surface area contributed by atoms with Gasteiger partial charge >= 0.3 is 0 Å². The first-order valence-corrected chi connectivity index (χ1v) is 25.9. The van der Waals surface area contributed by atoms with Gasteiger partial charge in [-0.3, -0.25) is 0 Å². The monoisotopic (exact) mass is 912 g/mol. The predicted octanol–water partition coefficient (Wildman–Crippen LogP) is 13.3. The van der Waals surface area contributed by atoms with Crippen LogP contribution >= 0.6 is 0 Å². The van der Waals surface area contributed by atoms with E-state index in [9.17, 15) is 0 Å². The van der Waals surface area contributed by atoms with E-state index in [1.807, 2.05) is 36.4 Å². The highest BCUT2D eigenvalue weighted by Gasteiger charge is 2.41. The fraction of sp³-hybridized carbons (Fsp3) is 0.0308. The molecule has 2 aromatic heterocycles. The van der Waals surface area contributed by atoms with Gasteiger partial charge in [-0.15, -0.1) is 0 Å². The minimum atomic E-state index is -2.82. The molecule has 0 aliphatic heterocycles. The molecule has 0 N–H and O–H groups in total. The molecule has 10 aromatic carbocycles. The Morgan fingerprint density at radius 2 is 0.786 bits per heavy atom. The zero-order valence-electron chi connectivity index (χ0n) is 39.0. The molecule has 0 saturated carbocycles. The average molecular weight is 913 g/mol. The molecule has 0 unspecified atom stereocenters. The van der Waals surface area contributed by atoms with E-state index >= 15 is 0 Å². The largest absolute Gasteiger partial charge is 0.308 e. The maximum Gasteiger partial charge on any atom is 0.179 e. The Morgan fingerprint density at radius 1 is 0.314 bits per heavy atom. The van der Waals surface area contributed by atoms with Crippen molar-refractivity contribution < 1.29 is 0 Å². The van der Waals surface area contributed by atoms with Crippen molar-refractivity contribution in [1.29, 1.82) is 0 Å². The normalized spacial score (nSPS) is 11.6. The number of aromatic nitrogens is 4. The van der Waals surface area contributed by atoms with E-state index in [1.165, 1.54) is 53.8 Å². The highest BCUT2D eigenvalue weighted by Crippen LogP contribution is 2.40. The third-order valence-corrected chi connectivity index (χ3v) is 18.6. The van der Waals surface area contributed by atoms with Crippen LogP contribution in [0.15, 0.2) is 255 Å². The molecule has 0 amide bonds. The van der Waals surface area contributed by atoms with Crippen molar-refractivity contribution in [3.63, 3.8) is 0 Å². The number of hydrogen-bond acceptors (Lipinski definition) is 3. The van der Waals surface area contributed by atoms with Gasteiger partial charge in [-0.2, -0.15) is 0 Å². The van der Waals surface area contributed by atoms with Crippen LogP contribution < -0.4 is 20.7 Å². The summed E-state index contributed by atoms with van der Waals surface area (Å²) in [4.78, 5) is 15.8. The van der Waals surface area contributed by atoms with Crippen molar-refractivity contribution in [3.05, 3.63) is 266 Å². The van der Waals surface area contributed by atoms with Crippen LogP contribution in [-0.4, -0.2) is 27.6 Å². The van der Waals surface area contributed by atoms with E-state index in [0.29, 0.717) is 17.5 Å². The van der Waals surface area contributed by atoms with E-state index in [1.54, 1.807) is 0 Å². The van der Waals surface area contributed by atoms with Gasteiger partial charge in [-0.25, -0.2) is 15.0 Å². The molecule has 0 atom stereocenters. The number of hydrogen-bond donors (Lipinski definition) is 0. The Balaban J connectivity index is 1.14. The van der Waals surface area contributed by atoms with Crippen molar-refractivity contribution in [1.82, 2.24) is 19.5 Å². The molecule has 2 heterocycles. The van der Waals surface area contributed by atoms with Crippen molar-refractivity contribution in [2.24, 2.45) is 0 Å². The lowest BCUT2D eigenvalue weighted by Gasteiger charge is -2.34. The number of para-hydroxylation sites is 1. The summed E-state index contributed by atoms with van der Waals surface area (Å²) >= 11 is 0. The third kappa shape index (κ3) is 7.54. The molecule has 0 spiro atoms. The van der Waals surface area contributed by atoms with Crippen molar-refractivity contribution in [3.8, 4) is 62.1 Å². The Bertz CT molecular complexity index is 3680. The molecule has 0 saturated heterocycles. The fourth-order valence-electron chi connectivity index (χ4n) is 10.5. The Kier molecular flexibility index (Phi) is 11.0. The molecule has 0 radical (unpaired) electrons. The second-order valence-electron chi connectivity index (χ2n) is 18.1. The van der Waals surface area contributed by atoms with Gasteiger partial charge in [-0.1, -0.05) is 236 Å². The lowest BCUT2D eigenvalue weighted by atomic mass is 9.97. The highest BCUT2D eigenvalue weighted by molar-refractivity contribution is 7.19. The Labute approximate surface area is 409 Å². The SMILES string of the molecule is Cc1ccc(-c2ccc3c4ccccc4n(-c4cc(-c5cccc([Si](c6ccccc6)(c6ccccc6)c6ccccc6)c5)ccc4-c4nc(-c5ccccc5)nc(-c5ccccc5)n4)c3c2)c(C)c1. The summed E-state index contributed by atoms with van der Waals surface area (Å²) in [5, 5.41) is 7.68. The van der Waals surface area contributed by atoms with Crippen LogP contribution in [0.25, 0.3) is 83.9 Å².